The van der Waals surface area contributed by atoms with Crippen LogP contribution >= 0.6 is 15.9 Å². The standard InChI is InChI=1S/C11H8BrNO/c12-10-4-3-7-1-2-8(11(13)14)5-9(7)6-10/h1-6H,(H2,13,14). The monoisotopic (exact) mass is 249 g/mol. The van der Waals surface area contributed by atoms with Gasteiger partial charge in [-0.15, -0.1) is 0 Å². The summed E-state index contributed by atoms with van der Waals surface area (Å²) in [6.45, 7) is 0. The molecule has 0 radical (unpaired) electrons. The highest BCUT2D eigenvalue weighted by molar-refractivity contribution is 9.10. The van der Waals surface area contributed by atoms with Crippen molar-refractivity contribution in [2.45, 2.75) is 0 Å². The van der Waals surface area contributed by atoms with E-state index in [1.54, 1.807) is 12.1 Å². The van der Waals surface area contributed by atoms with Crippen molar-refractivity contribution in [1.82, 2.24) is 0 Å². The van der Waals surface area contributed by atoms with Gasteiger partial charge in [0.05, 0.1) is 0 Å². The SMILES string of the molecule is NC(=O)c1ccc2ccc(Br)cc2c1. The van der Waals surface area contributed by atoms with Gasteiger partial charge in [-0.25, -0.2) is 0 Å². The van der Waals surface area contributed by atoms with E-state index in [4.69, 9.17) is 5.73 Å². The van der Waals surface area contributed by atoms with Crippen molar-refractivity contribution in [1.29, 1.82) is 0 Å². The molecular weight excluding hydrogens is 242 g/mol. The first kappa shape index (κ1) is 9.21. The zero-order valence-electron chi connectivity index (χ0n) is 7.33. The van der Waals surface area contributed by atoms with Gasteiger partial charge in [-0.2, -0.15) is 0 Å². The first-order valence-electron chi connectivity index (χ1n) is 4.16. The van der Waals surface area contributed by atoms with Crippen LogP contribution < -0.4 is 5.73 Å². The maximum atomic E-state index is 10.9. The summed E-state index contributed by atoms with van der Waals surface area (Å²) in [5.74, 6) is -0.396. The quantitative estimate of drug-likeness (QED) is 0.830. The van der Waals surface area contributed by atoms with E-state index in [-0.39, 0.29) is 0 Å². The summed E-state index contributed by atoms with van der Waals surface area (Å²) in [7, 11) is 0. The highest BCUT2D eigenvalue weighted by Gasteiger charge is 2.01. The number of carbonyl (C=O) groups is 1. The molecule has 2 nitrogen and oxygen atoms in total. The molecule has 0 unspecified atom stereocenters. The summed E-state index contributed by atoms with van der Waals surface area (Å²) in [5, 5.41) is 2.11. The summed E-state index contributed by atoms with van der Waals surface area (Å²) in [5.41, 5.74) is 5.73. The fraction of sp³-hybridized carbons (Fsp3) is 0. The third-order valence-electron chi connectivity index (χ3n) is 2.09. The molecule has 2 aromatic rings. The number of carbonyl (C=O) groups excluding carboxylic acids is 1. The van der Waals surface area contributed by atoms with Crippen molar-refractivity contribution < 1.29 is 4.79 Å². The average molecular weight is 250 g/mol. The molecule has 0 aromatic heterocycles. The lowest BCUT2D eigenvalue weighted by Crippen LogP contribution is -2.10. The molecule has 0 atom stereocenters. The molecule has 0 aliphatic rings. The van der Waals surface area contributed by atoms with Crippen molar-refractivity contribution >= 4 is 32.6 Å². The second kappa shape index (κ2) is 3.42. The average Bonchev–Trinajstić information content (AvgIpc) is 2.16. The van der Waals surface area contributed by atoms with Gasteiger partial charge in [0.2, 0.25) is 5.91 Å². The first-order chi connectivity index (χ1) is 6.66. The number of fused-ring (bicyclic) bond motifs is 1. The molecule has 0 aliphatic heterocycles. The molecule has 0 aliphatic carbocycles. The molecule has 2 rings (SSSR count). The molecule has 2 aromatic carbocycles. The van der Waals surface area contributed by atoms with Crippen LogP contribution in [0.15, 0.2) is 40.9 Å². The highest BCUT2D eigenvalue weighted by Crippen LogP contribution is 2.20. The maximum Gasteiger partial charge on any atom is 0.248 e. The van der Waals surface area contributed by atoms with Gasteiger partial charge >= 0.3 is 0 Å². The third-order valence-corrected chi connectivity index (χ3v) is 2.58. The summed E-state index contributed by atoms with van der Waals surface area (Å²) in [6.07, 6.45) is 0. The molecular formula is C11H8BrNO. The van der Waals surface area contributed by atoms with Gasteiger partial charge in [-0.1, -0.05) is 28.1 Å². The van der Waals surface area contributed by atoms with Gasteiger partial charge in [0.25, 0.3) is 0 Å². The minimum Gasteiger partial charge on any atom is -0.366 e. The molecule has 3 heteroatoms. The number of benzene rings is 2. The predicted octanol–water partition coefficient (Wildman–Crippen LogP) is 2.70. The molecule has 0 heterocycles. The summed E-state index contributed by atoms with van der Waals surface area (Å²) in [4.78, 5) is 10.9. The number of nitrogens with two attached hydrogens (primary N) is 1. The smallest absolute Gasteiger partial charge is 0.248 e. The van der Waals surface area contributed by atoms with Crippen molar-refractivity contribution in [2.24, 2.45) is 5.73 Å². The maximum absolute atomic E-state index is 10.9. The van der Waals surface area contributed by atoms with Crippen LogP contribution in [0.4, 0.5) is 0 Å². The molecule has 0 saturated carbocycles. The van der Waals surface area contributed by atoms with Crippen LogP contribution in [0.1, 0.15) is 10.4 Å². The molecule has 0 spiro atoms. The Morgan fingerprint density at radius 1 is 1.07 bits per heavy atom. The Labute approximate surface area is 89.8 Å². The second-order valence-electron chi connectivity index (χ2n) is 3.07. The lowest BCUT2D eigenvalue weighted by Gasteiger charge is -2.00. The molecule has 0 saturated heterocycles. The van der Waals surface area contributed by atoms with Gasteiger partial charge in [-0.05, 0) is 35.0 Å². The fourth-order valence-electron chi connectivity index (χ4n) is 1.37. The summed E-state index contributed by atoms with van der Waals surface area (Å²) in [6, 6.07) is 11.3. The Hall–Kier alpha value is -1.35. The van der Waals surface area contributed by atoms with Gasteiger partial charge in [-0.3, -0.25) is 4.79 Å². The molecule has 0 fully saturated rings. The molecule has 1 amide bonds. The highest BCUT2D eigenvalue weighted by atomic mass is 79.9. The Balaban J connectivity index is 2.69. The summed E-state index contributed by atoms with van der Waals surface area (Å²) < 4.78 is 0.992. The number of hydrogen-bond acceptors (Lipinski definition) is 1. The Bertz CT molecular complexity index is 508. The second-order valence-corrected chi connectivity index (χ2v) is 3.99. The van der Waals surface area contributed by atoms with E-state index in [1.807, 2.05) is 24.3 Å². The van der Waals surface area contributed by atoms with Crippen molar-refractivity contribution in [3.8, 4) is 0 Å². The van der Waals surface area contributed by atoms with Crippen molar-refractivity contribution in [3.63, 3.8) is 0 Å². The normalized spacial score (nSPS) is 10.4. The molecule has 2 N–H and O–H groups in total. The van der Waals surface area contributed by atoms with E-state index in [2.05, 4.69) is 15.9 Å². The minimum atomic E-state index is -0.396. The van der Waals surface area contributed by atoms with E-state index in [0.29, 0.717) is 5.56 Å². The Morgan fingerprint density at radius 3 is 2.50 bits per heavy atom. The zero-order valence-corrected chi connectivity index (χ0v) is 8.91. The predicted molar refractivity (Wildman–Crippen MR) is 60.2 cm³/mol. The number of amides is 1. The number of hydrogen-bond donors (Lipinski definition) is 1. The molecule has 0 bridgehead atoms. The van der Waals surface area contributed by atoms with Gasteiger partial charge in [0, 0.05) is 10.0 Å². The van der Waals surface area contributed by atoms with Crippen LogP contribution in [0.5, 0.6) is 0 Å². The number of primary amides is 1. The lowest BCUT2D eigenvalue weighted by molar-refractivity contribution is 0.100. The summed E-state index contributed by atoms with van der Waals surface area (Å²) >= 11 is 3.38. The van der Waals surface area contributed by atoms with Crippen molar-refractivity contribution in [3.05, 3.63) is 46.4 Å². The first-order valence-corrected chi connectivity index (χ1v) is 4.95. The topological polar surface area (TPSA) is 43.1 Å². The van der Waals surface area contributed by atoms with E-state index in [1.165, 1.54) is 0 Å². The van der Waals surface area contributed by atoms with Crippen LogP contribution in [0.25, 0.3) is 10.8 Å². The van der Waals surface area contributed by atoms with E-state index >= 15 is 0 Å². The minimum absolute atomic E-state index is 0.396. The fourth-order valence-corrected chi connectivity index (χ4v) is 1.75. The number of rotatable bonds is 1. The van der Waals surface area contributed by atoms with E-state index < -0.39 is 5.91 Å². The van der Waals surface area contributed by atoms with E-state index in [0.717, 1.165) is 15.2 Å². The molecule has 70 valence electrons. The number of halogens is 1. The Kier molecular flexibility index (Phi) is 2.25. The van der Waals surface area contributed by atoms with Gasteiger partial charge < -0.3 is 5.73 Å². The van der Waals surface area contributed by atoms with Crippen LogP contribution in [0, 0.1) is 0 Å². The van der Waals surface area contributed by atoms with E-state index in [9.17, 15) is 4.79 Å². The lowest BCUT2D eigenvalue weighted by atomic mass is 10.1. The largest absolute Gasteiger partial charge is 0.366 e. The van der Waals surface area contributed by atoms with Crippen LogP contribution in [0.3, 0.4) is 0 Å². The van der Waals surface area contributed by atoms with Crippen molar-refractivity contribution in [2.75, 3.05) is 0 Å². The Morgan fingerprint density at radius 2 is 1.79 bits per heavy atom. The van der Waals surface area contributed by atoms with Crippen LogP contribution in [0.2, 0.25) is 0 Å². The molecule has 14 heavy (non-hydrogen) atoms. The van der Waals surface area contributed by atoms with Crippen LogP contribution in [-0.4, -0.2) is 5.91 Å². The van der Waals surface area contributed by atoms with Crippen LogP contribution in [-0.2, 0) is 0 Å². The van der Waals surface area contributed by atoms with Gasteiger partial charge in [0.15, 0.2) is 0 Å². The third kappa shape index (κ3) is 1.63. The zero-order chi connectivity index (χ0) is 10.1. The van der Waals surface area contributed by atoms with Gasteiger partial charge in [0.1, 0.15) is 0 Å².